The molecule has 1 fully saturated rings. The third-order valence-corrected chi connectivity index (χ3v) is 3.82. The van der Waals surface area contributed by atoms with Gasteiger partial charge in [0.2, 0.25) is 5.91 Å². The molecule has 0 aliphatic carbocycles. The molecule has 0 aromatic heterocycles. The Morgan fingerprint density at radius 1 is 1.40 bits per heavy atom. The van der Waals surface area contributed by atoms with Gasteiger partial charge in [-0.2, -0.15) is 0 Å². The predicted molar refractivity (Wildman–Crippen MR) is 77.4 cm³/mol. The minimum atomic E-state index is -0.841. The van der Waals surface area contributed by atoms with Gasteiger partial charge < -0.3 is 10.0 Å². The summed E-state index contributed by atoms with van der Waals surface area (Å²) in [6, 6.07) is 7.32. The van der Waals surface area contributed by atoms with E-state index in [1.165, 1.54) is 6.08 Å². The first kappa shape index (κ1) is 14.6. The predicted octanol–water partition coefficient (Wildman–Crippen LogP) is 2.68. The number of likely N-dealkylation sites (tertiary alicyclic amines) is 1. The Labute approximate surface area is 122 Å². The molecular weight excluding hydrogens is 278 g/mol. The molecule has 1 heterocycles. The molecular formula is C15H16ClNO3. The maximum atomic E-state index is 12.1. The van der Waals surface area contributed by atoms with E-state index in [9.17, 15) is 9.59 Å². The highest BCUT2D eigenvalue weighted by Gasteiger charge is 2.30. The van der Waals surface area contributed by atoms with E-state index in [4.69, 9.17) is 16.7 Å². The van der Waals surface area contributed by atoms with Crippen molar-refractivity contribution >= 4 is 29.1 Å². The summed E-state index contributed by atoms with van der Waals surface area (Å²) in [5.41, 5.74) is 1.59. The van der Waals surface area contributed by atoms with Crippen LogP contribution >= 0.6 is 11.6 Å². The van der Waals surface area contributed by atoms with Gasteiger partial charge in [-0.1, -0.05) is 29.8 Å². The van der Waals surface area contributed by atoms with Crippen LogP contribution in [-0.4, -0.2) is 35.0 Å². The number of aliphatic carboxylic acids is 1. The van der Waals surface area contributed by atoms with Crippen molar-refractivity contribution in [2.24, 2.45) is 5.92 Å². The van der Waals surface area contributed by atoms with Crippen LogP contribution in [0.1, 0.15) is 18.9 Å². The van der Waals surface area contributed by atoms with E-state index in [0.717, 1.165) is 11.1 Å². The summed E-state index contributed by atoms with van der Waals surface area (Å²) in [5, 5.41) is 9.53. The maximum absolute atomic E-state index is 12.1. The molecule has 5 heteroatoms. The molecule has 1 N–H and O–H groups in total. The van der Waals surface area contributed by atoms with E-state index in [1.54, 1.807) is 11.0 Å². The second kappa shape index (κ2) is 6.09. The number of carboxylic acid groups (broad SMARTS) is 1. The summed E-state index contributed by atoms with van der Waals surface area (Å²) in [5.74, 6) is -1.45. The first-order chi connectivity index (χ1) is 9.49. The minimum Gasteiger partial charge on any atom is -0.481 e. The number of amides is 1. The second-order valence-corrected chi connectivity index (χ2v) is 5.32. The monoisotopic (exact) mass is 293 g/mol. The summed E-state index contributed by atoms with van der Waals surface area (Å²) in [7, 11) is 0. The molecule has 0 spiro atoms. The highest BCUT2D eigenvalue weighted by molar-refractivity contribution is 6.32. The average Bonchev–Trinajstić information content (AvgIpc) is 2.88. The van der Waals surface area contributed by atoms with E-state index < -0.39 is 11.9 Å². The zero-order valence-corrected chi connectivity index (χ0v) is 11.9. The summed E-state index contributed by atoms with van der Waals surface area (Å²) < 4.78 is 0. The number of rotatable bonds is 3. The molecule has 2 rings (SSSR count). The van der Waals surface area contributed by atoms with E-state index in [2.05, 4.69) is 0 Å². The van der Waals surface area contributed by atoms with Gasteiger partial charge >= 0.3 is 5.97 Å². The van der Waals surface area contributed by atoms with Crippen molar-refractivity contribution in [3.05, 3.63) is 40.9 Å². The maximum Gasteiger partial charge on any atom is 0.308 e. The van der Waals surface area contributed by atoms with Gasteiger partial charge in [-0.15, -0.1) is 0 Å². The third-order valence-electron chi connectivity index (χ3n) is 3.49. The van der Waals surface area contributed by atoms with Crippen LogP contribution < -0.4 is 0 Å². The van der Waals surface area contributed by atoms with Crippen molar-refractivity contribution in [1.29, 1.82) is 0 Å². The topological polar surface area (TPSA) is 57.6 Å². The molecule has 4 nitrogen and oxygen atoms in total. The lowest BCUT2D eigenvalue weighted by Crippen LogP contribution is -2.28. The quantitative estimate of drug-likeness (QED) is 0.872. The average molecular weight is 294 g/mol. The van der Waals surface area contributed by atoms with Crippen LogP contribution in [0.3, 0.4) is 0 Å². The molecule has 1 saturated heterocycles. The largest absolute Gasteiger partial charge is 0.481 e. The zero-order valence-electron chi connectivity index (χ0n) is 11.2. The number of carbonyl (C=O) groups is 2. The van der Waals surface area contributed by atoms with Gasteiger partial charge in [0.1, 0.15) is 0 Å². The molecule has 0 radical (unpaired) electrons. The number of benzene rings is 1. The summed E-state index contributed by atoms with van der Waals surface area (Å²) >= 11 is 6.08. The van der Waals surface area contributed by atoms with Gasteiger partial charge in [0, 0.05) is 24.2 Å². The van der Waals surface area contributed by atoms with Gasteiger partial charge in [0.05, 0.1) is 5.92 Å². The Morgan fingerprint density at radius 2 is 2.10 bits per heavy atom. The molecule has 20 heavy (non-hydrogen) atoms. The highest BCUT2D eigenvalue weighted by Crippen LogP contribution is 2.24. The van der Waals surface area contributed by atoms with Crippen LogP contribution in [0, 0.1) is 5.92 Å². The molecule has 1 unspecified atom stereocenters. The van der Waals surface area contributed by atoms with Crippen LogP contribution in [-0.2, 0) is 9.59 Å². The third kappa shape index (κ3) is 3.20. The van der Waals surface area contributed by atoms with Gasteiger partial charge in [0.25, 0.3) is 0 Å². The van der Waals surface area contributed by atoms with Gasteiger partial charge in [0.15, 0.2) is 0 Å². The van der Waals surface area contributed by atoms with Crippen molar-refractivity contribution in [3.63, 3.8) is 0 Å². The van der Waals surface area contributed by atoms with Crippen LogP contribution in [0.15, 0.2) is 30.3 Å². The Kier molecular flexibility index (Phi) is 4.45. The fourth-order valence-electron chi connectivity index (χ4n) is 2.30. The lowest BCUT2D eigenvalue weighted by atomic mass is 10.1. The lowest BCUT2D eigenvalue weighted by Gasteiger charge is -2.14. The Bertz CT molecular complexity index is 568. The number of carboxylic acids is 1. The SMILES string of the molecule is CC(=CC(=O)N1CCC(C(=O)O)C1)c1ccccc1Cl. The van der Waals surface area contributed by atoms with E-state index >= 15 is 0 Å². The number of allylic oxidation sites excluding steroid dienone is 1. The smallest absolute Gasteiger partial charge is 0.308 e. The standard InChI is InChI=1S/C15H16ClNO3/c1-10(12-4-2-3-5-13(12)16)8-14(18)17-7-6-11(9-17)15(19)20/h2-5,8,11H,6-7,9H2,1H3,(H,19,20). The van der Waals surface area contributed by atoms with Crippen molar-refractivity contribution in [1.82, 2.24) is 4.90 Å². The summed E-state index contributed by atoms with van der Waals surface area (Å²) in [4.78, 5) is 24.6. The van der Waals surface area contributed by atoms with Crippen molar-refractivity contribution < 1.29 is 14.7 Å². The normalized spacial score (nSPS) is 19.2. The van der Waals surface area contributed by atoms with Crippen LogP contribution in [0.2, 0.25) is 5.02 Å². The Hall–Kier alpha value is -1.81. The zero-order chi connectivity index (χ0) is 14.7. The highest BCUT2D eigenvalue weighted by atomic mass is 35.5. The van der Waals surface area contributed by atoms with Crippen molar-refractivity contribution in [3.8, 4) is 0 Å². The first-order valence-electron chi connectivity index (χ1n) is 6.44. The lowest BCUT2D eigenvalue weighted by molar-refractivity contribution is -0.141. The van der Waals surface area contributed by atoms with Gasteiger partial charge in [-0.05, 0) is 30.5 Å². The van der Waals surface area contributed by atoms with Gasteiger partial charge in [-0.3, -0.25) is 9.59 Å². The summed E-state index contributed by atoms with van der Waals surface area (Å²) in [6.45, 7) is 2.59. The molecule has 1 aliphatic rings. The van der Waals surface area contributed by atoms with Gasteiger partial charge in [-0.25, -0.2) is 0 Å². The van der Waals surface area contributed by atoms with Crippen LogP contribution in [0.25, 0.3) is 5.57 Å². The molecule has 1 amide bonds. The van der Waals surface area contributed by atoms with Crippen molar-refractivity contribution in [2.75, 3.05) is 13.1 Å². The number of hydrogen-bond acceptors (Lipinski definition) is 2. The Balaban J connectivity index is 2.09. The molecule has 1 aromatic carbocycles. The molecule has 106 valence electrons. The fraction of sp³-hybridized carbons (Fsp3) is 0.333. The molecule has 1 atom stereocenters. The van der Waals surface area contributed by atoms with E-state index in [0.29, 0.717) is 18.0 Å². The number of halogens is 1. The van der Waals surface area contributed by atoms with Crippen LogP contribution in [0.5, 0.6) is 0 Å². The number of nitrogens with zero attached hydrogens (tertiary/aromatic N) is 1. The molecule has 1 aromatic rings. The molecule has 0 saturated carbocycles. The number of carbonyl (C=O) groups excluding carboxylic acids is 1. The Morgan fingerprint density at radius 3 is 2.70 bits per heavy atom. The minimum absolute atomic E-state index is 0.161. The second-order valence-electron chi connectivity index (χ2n) is 4.92. The molecule has 1 aliphatic heterocycles. The first-order valence-corrected chi connectivity index (χ1v) is 6.81. The van der Waals surface area contributed by atoms with E-state index in [1.807, 2.05) is 25.1 Å². The molecule has 0 bridgehead atoms. The van der Waals surface area contributed by atoms with Crippen molar-refractivity contribution in [2.45, 2.75) is 13.3 Å². The van der Waals surface area contributed by atoms with E-state index in [-0.39, 0.29) is 12.5 Å². The number of hydrogen-bond donors (Lipinski definition) is 1. The fourth-order valence-corrected chi connectivity index (χ4v) is 2.58. The van der Waals surface area contributed by atoms with Crippen LogP contribution in [0.4, 0.5) is 0 Å². The summed E-state index contributed by atoms with van der Waals surface area (Å²) in [6.07, 6.45) is 2.03.